The Hall–Kier alpha value is -0.0800. The maximum Gasteiger partial charge on any atom is 0.0616 e. The van der Waals surface area contributed by atoms with E-state index in [9.17, 15) is 0 Å². The van der Waals surface area contributed by atoms with Crippen LogP contribution in [-0.2, 0) is 4.74 Å². The van der Waals surface area contributed by atoms with E-state index >= 15 is 0 Å². The average Bonchev–Trinajstić information content (AvgIpc) is 2.65. The predicted molar refractivity (Wildman–Crippen MR) is 69.7 cm³/mol. The van der Waals surface area contributed by atoms with E-state index in [1.165, 1.54) is 19.3 Å². The molecule has 1 fully saturated rings. The predicted octanol–water partition coefficient (Wildman–Crippen LogP) is 3.22. The Labute approximate surface area is 101 Å². The number of hydrogen-bond donors (Lipinski definition) is 1. The summed E-state index contributed by atoms with van der Waals surface area (Å²) in [6.07, 6.45) is 5.42. The average molecular weight is 227 g/mol. The van der Waals surface area contributed by atoms with Crippen molar-refractivity contribution in [3.8, 4) is 0 Å². The minimum atomic E-state index is 0.441. The fraction of sp³-hybridized carbons (Fsp3) is 1.00. The lowest BCUT2D eigenvalue weighted by Gasteiger charge is -2.29. The fourth-order valence-electron chi connectivity index (χ4n) is 2.71. The van der Waals surface area contributed by atoms with E-state index in [2.05, 4.69) is 40.1 Å². The van der Waals surface area contributed by atoms with Crippen molar-refractivity contribution in [2.75, 3.05) is 13.7 Å². The van der Waals surface area contributed by atoms with Crippen molar-refractivity contribution in [1.29, 1.82) is 0 Å². The van der Waals surface area contributed by atoms with Crippen LogP contribution in [0.5, 0.6) is 0 Å². The maximum atomic E-state index is 5.79. The molecule has 96 valence electrons. The lowest BCUT2D eigenvalue weighted by molar-refractivity contribution is 0.0758. The van der Waals surface area contributed by atoms with Gasteiger partial charge in [-0.1, -0.05) is 27.7 Å². The molecule has 0 amide bonds. The van der Waals surface area contributed by atoms with Crippen molar-refractivity contribution in [3.05, 3.63) is 0 Å². The first-order valence-electron chi connectivity index (χ1n) is 6.77. The first kappa shape index (κ1) is 14.0. The maximum absolute atomic E-state index is 5.79. The molecule has 0 aromatic carbocycles. The van der Waals surface area contributed by atoms with Crippen molar-refractivity contribution < 1.29 is 4.74 Å². The van der Waals surface area contributed by atoms with Crippen LogP contribution in [0.15, 0.2) is 0 Å². The second kappa shape index (κ2) is 6.02. The molecule has 1 heterocycles. The molecule has 3 atom stereocenters. The SMILES string of the molecule is CCC1OCCC1C(CCC(C)(C)C)NC. The van der Waals surface area contributed by atoms with Crippen molar-refractivity contribution in [2.24, 2.45) is 11.3 Å². The highest BCUT2D eigenvalue weighted by atomic mass is 16.5. The quantitative estimate of drug-likeness (QED) is 0.778. The Kier molecular flexibility index (Phi) is 5.26. The molecule has 0 spiro atoms. The summed E-state index contributed by atoms with van der Waals surface area (Å²) < 4.78 is 5.79. The second-order valence-corrected chi connectivity index (χ2v) is 6.26. The number of ether oxygens (including phenoxy) is 1. The molecule has 1 rings (SSSR count). The lowest BCUT2D eigenvalue weighted by atomic mass is 9.83. The normalized spacial score (nSPS) is 28.3. The Bertz CT molecular complexity index is 197. The highest BCUT2D eigenvalue weighted by Crippen LogP contribution is 2.31. The molecule has 0 aliphatic carbocycles. The van der Waals surface area contributed by atoms with Gasteiger partial charge in [-0.25, -0.2) is 0 Å². The van der Waals surface area contributed by atoms with Gasteiger partial charge in [0, 0.05) is 18.6 Å². The third kappa shape index (κ3) is 4.06. The van der Waals surface area contributed by atoms with Crippen LogP contribution in [0.2, 0.25) is 0 Å². The summed E-state index contributed by atoms with van der Waals surface area (Å²) in [4.78, 5) is 0. The van der Waals surface area contributed by atoms with E-state index in [0.717, 1.165) is 18.9 Å². The summed E-state index contributed by atoms with van der Waals surface area (Å²) in [5.74, 6) is 0.720. The fourth-order valence-corrected chi connectivity index (χ4v) is 2.71. The lowest BCUT2D eigenvalue weighted by Crippen LogP contribution is -2.38. The van der Waals surface area contributed by atoms with E-state index < -0.39 is 0 Å². The molecule has 1 aliphatic rings. The first-order chi connectivity index (χ1) is 7.48. The third-order valence-corrected chi connectivity index (χ3v) is 3.76. The Balaban J connectivity index is 2.47. The molecule has 1 saturated heterocycles. The van der Waals surface area contributed by atoms with E-state index in [-0.39, 0.29) is 0 Å². The van der Waals surface area contributed by atoms with E-state index in [1.807, 2.05) is 0 Å². The third-order valence-electron chi connectivity index (χ3n) is 3.76. The Morgan fingerprint density at radius 1 is 1.38 bits per heavy atom. The molecule has 3 unspecified atom stereocenters. The first-order valence-corrected chi connectivity index (χ1v) is 6.77. The molecule has 2 nitrogen and oxygen atoms in total. The van der Waals surface area contributed by atoms with Crippen molar-refractivity contribution >= 4 is 0 Å². The van der Waals surface area contributed by atoms with E-state index in [0.29, 0.717) is 17.6 Å². The molecule has 16 heavy (non-hydrogen) atoms. The molecule has 0 aromatic rings. The van der Waals surface area contributed by atoms with Gasteiger partial charge in [0.05, 0.1) is 6.10 Å². The van der Waals surface area contributed by atoms with E-state index in [1.54, 1.807) is 0 Å². The van der Waals surface area contributed by atoms with Crippen LogP contribution in [-0.4, -0.2) is 25.8 Å². The van der Waals surface area contributed by atoms with Crippen molar-refractivity contribution in [2.45, 2.75) is 65.5 Å². The summed E-state index contributed by atoms with van der Waals surface area (Å²) in [6, 6.07) is 0.631. The molecule has 0 bridgehead atoms. The summed E-state index contributed by atoms with van der Waals surface area (Å²) in [5, 5.41) is 3.50. The van der Waals surface area contributed by atoms with Crippen LogP contribution in [0, 0.1) is 11.3 Å². The summed E-state index contributed by atoms with van der Waals surface area (Å²) >= 11 is 0. The van der Waals surface area contributed by atoms with Crippen LogP contribution < -0.4 is 5.32 Å². The van der Waals surface area contributed by atoms with Crippen LogP contribution in [0.3, 0.4) is 0 Å². The van der Waals surface area contributed by atoms with Crippen molar-refractivity contribution in [3.63, 3.8) is 0 Å². The van der Waals surface area contributed by atoms with Gasteiger partial charge in [-0.15, -0.1) is 0 Å². The standard InChI is InChI=1S/C14H29NO/c1-6-13-11(8-10-16-13)12(15-5)7-9-14(2,3)4/h11-13,15H,6-10H2,1-5H3. The minimum Gasteiger partial charge on any atom is -0.378 e. The summed E-state index contributed by atoms with van der Waals surface area (Å²) in [7, 11) is 2.10. The largest absolute Gasteiger partial charge is 0.378 e. The highest BCUT2D eigenvalue weighted by Gasteiger charge is 2.33. The highest BCUT2D eigenvalue weighted by molar-refractivity contribution is 4.86. The van der Waals surface area contributed by atoms with Gasteiger partial charge in [-0.05, 0) is 38.1 Å². The van der Waals surface area contributed by atoms with Crippen LogP contribution >= 0.6 is 0 Å². The molecule has 2 heteroatoms. The van der Waals surface area contributed by atoms with Gasteiger partial charge >= 0.3 is 0 Å². The van der Waals surface area contributed by atoms with Crippen LogP contribution in [0.1, 0.15) is 53.4 Å². The monoisotopic (exact) mass is 227 g/mol. The minimum absolute atomic E-state index is 0.441. The molecule has 0 radical (unpaired) electrons. The second-order valence-electron chi connectivity index (χ2n) is 6.26. The zero-order chi connectivity index (χ0) is 12.2. The van der Waals surface area contributed by atoms with Gasteiger partial charge in [0.2, 0.25) is 0 Å². The Morgan fingerprint density at radius 3 is 2.56 bits per heavy atom. The Morgan fingerprint density at radius 2 is 2.06 bits per heavy atom. The zero-order valence-electron chi connectivity index (χ0n) is 11.7. The number of rotatable bonds is 5. The van der Waals surface area contributed by atoms with Gasteiger partial charge in [-0.2, -0.15) is 0 Å². The molecule has 1 N–H and O–H groups in total. The molecule has 0 saturated carbocycles. The molecular formula is C14H29NO. The molecular weight excluding hydrogens is 198 g/mol. The van der Waals surface area contributed by atoms with Crippen molar-refractivity contribution in [1.82, 2.24) is 5.32 Å². The van der Waals surface area contributed by atoms with Crippen LogP contribution in [0.25, 0.3) is 0 Å². The smallest absolute Gasteiger partial charge is 0.0616 e. The summed E-state index contributed by atoms with van der Waals surface area (Å²) in [6.45, 7) is 10.2. The van der Waals surface area contributed by atoms with Crippen LogP contribution in [0.4, 0.5) is 0 Å². The van der Waals surface area contributed by atoms with Gasteiger partial charge in [0.25, 0.3) is 0 Å². The van der Waals surface area contributed by atoms with E-state index in [4.69, 9.17) is 4.74 Å². The topological polar surface area (TPSA) is 21.3 Å². The molecule has 1 aliphatic heterocycles. The summed E-state index contributed by atoms with van der Waals surface area (Å²) in [5.41, 5.74) is 0.441. The number of nitrogens with one attached hydrogen (secondary N) is 1. The number of hydrogen-bond acceptors (Lipinski definition) is 2. The van der Waals surface area contributed by atoms with Gasteiger partial charge < -0.3 is 10.1 Å². The van der Waals surface area contributed by atoms with Gasteiger partial charge in [0.1, 0.15) is 0 Å². The zero-order valence-corrected chi connectivity index (χ0v) is 11.7. The molecule has 0 aromatic heterocycles. The van der Waals surface area contributed by atoms with Gasteiger partial charge in [0.15, 0.2) is 0 Å². The van der Waals surface area contributed by atoms with Gasteiger partial charge in [-0.3, -0.25) is 0 Å².